The fourth-order valence-electron chi connectivity index (χ4n) is 1.70. The summed E-state index contributed by atoms with van der Waals surface area (Å²) < 4.78 is 5.43. The van der Waals surface area contributed by atoms with Gasteiger partial charge in [-0.3, -0.25) is 4.79 Å². The first-order chi connectivity index (χ1) is 8.61. The van der Waals surface area contributed by atoms with E-state index in [-0.39, 0.29) is 24.3 Å². The van der Waals surface area contributed by atoms with Gasteiger partial charge in [0.15, 0.2) is 11.3 Å². The first kappa shape index (κ1) is 12.9. The summed E-state index contributed by atoms with van der Waals surface area (Å²) in [5.74, 6) is -0.0777. The Hall–Kier alpha value is -1.52. The minimum Gasteiger partial charge on any atom is -0.449 e. The van der Waals surface area contributed by atoms with Crippen LogP contribution in [0, 0.1) is 0 Å². The molecule has 1 aromatic heterocycles. The third-order valence-corrected chi connectivity index (χ3v) is 2.96. The Kier molecular flexibility index (Phi) is 3.89. The number of carbonyl (C=O) groups excluding carboxylic acids is 1. The van der Waals surface area contributed by atoms with Crippen LogP contribution in [-0.2, 0) is 0 Å². The number of fused-ring (bicyclic) bond motifs is 1. The van der Waals surface area contributed by atoms with Crippen molar-refractivity contribution in [3.8, 4) is 0 Å². The van der Waals surface area contributed by atoms with Crippen LogP contribution in [0.15, 0.2) is 28.7 Å². The molecule has 5 heteroatoms. The van der Waals surface area contributed by atoms with Gasteiger partial charge in [-0.05, 0) is 25.5 Å². The predicted molar refractivity (Wildman–Crippen MR) is 69.9 cm³/mol. The van der Waals surface area contributed by atoms with Crippen molar-refractivity contribution in [2.24, 2.45) is 0 Å². The zero-order valence-electron chi connectivity index (χ0n) is 9.94. The molecule has 2 N–H and O–H groups in total. The number of benzene rings is 1. The van der Waals surface area contributed by atoms with Gasteiger partial charge in [0.1, 0.15) is 0 Å². The lowest BCUT2D eigenvalue weighted by Gasteiger charge is -2.10. The lowest BCUT2D eigenvalue weighted by atomic mass is 10.2. The van der Waals surface area contributed by atoms with Crippen molar-refractivity contribution in [2.45, 2.75) is 19.4 Å². The number of para-hydroxylation sites is 1. The van der Waals surface area contributed by atoms with Crippen LogP contribution < -0.4 is 5.32 Å². The molecular weight excluding hydrogens is 254 g/mol. The maximum atomic E-state index is 11.9. The van der Waals surface area contributed by atoms with Crippen molar-refractivity contribution in [1.29, 1.82) is 0 Å². The van der Waals surface area contributed by atoms with Gasteiger partial charge in [-0.2, -0.15) is 0 Å². The maximum absolute atomic E-state index is 11.9. The van der Waals surface area contributed by atoms with E-state index in [4.69, 9.17) is 21.1 Å². The molecule has 1 atom stereocenters. The number of amides is 1. The van der Waals surface area contributed by atoms with Crippen molar-refractivity contribution < 1.29 is 14.3 Å². The fourth-order valence-corrected chi connectivity index (χ4v) is 1.92. The molecule has 0 spiro atoms. The molecule has 2 rings (SSSR count). The van der Waals surface area contributed by atoms with E-state index in [1.807, 2.05) is 13.0 Å². The molecule has 0 saturated carbocycles. The van der Waals surface area contributed by atoms with Crippen molar-refractivity contribution in [2.75, 3.05) is 6.61 Å². The van der Waals surface area contributed by atoms with E-state index >= 15 is 0 Å². The average Bonchev–Trinajstić information content (AvgIpc) is 2.74. The molecule has 1 unspecified atom stereocenters. The van der Waals surface area contributed by atoms with Gasteiger partial charge < -0.3 is 14.8 Å². The number of hydrogen-bond acceptors (Lipinski definition) is 3. The number of rotatable bonds is 4. The summed E-state index contributed by atoms with van der Waals surface area (Å²) in [7, 11) is 0. The molecule has 0 aliphatic rings. The predicted octanol–water partition coefficient (Wildman–Crippen LogP) is 2.59. The lowest BCUT2D eigenvalue weighted by molar-refractivity contribution is 0.0908. The van der Waals surface area contributed by atoms with E-state index in [1.165, 1.54) is 0 Å². The van der Waals surface area contributed by atoms with Gasteiger partial charge >= 0.3 is 0 Å². The van der Waals surface area contributed by atoms with E-state index in [0.717, 1.165) is 5.39 Å². The van der Waals surface area contributed by atoms with Crippen LogP contribution in [0.2, 0.25) is 5.02 Å². The van der Waals surface area contributed by atoms with Gasteiger partial charge in [0.05, 0.1) is 5.02 Å². The van der Waals surface area contributed by atoms with Crippen LogP contribution in [0.4, 0.5) is 0 Å². The number of nitrogens with one attached hydrogen (secondary N) is 1. The van der Waals surface area contributed by atoms with E-state index in [2.05, 4.69) is 5.32 Å². The van der Waals surface area contributed by atoms with Crippen LogP contribution in [0.25, 0.3) is 11.0 Å². The van der Waals surface area contributed by atoms with Crippen LogP contribution in [0.5, 0.6) is 0 Å². The smallest absolute Gasteiger partial charge is 0.287 e. The minimum atomic E-state index is -0.303. The molecule has 0 saturated heterocycles. The van der Waals surface area contributed by atoms with Gasteiger partial charge in [0.2, 0.25) is 0 Å². The Bertz CT molecular complexity index is 564. The molecule has 0 fully saturated rings. The number of aliphatic hydroxyl groups excluding tert-OH is 1. The maximum Gasteiger partial charge on any atom is 0.287 e. The molecule has 96 valence electrons. The topological polar surface area (TPSA) is 62.5 Å². The van der Waals surface area contributed by atoms with Crippen LogP contribution in [0.1, 0.15) is 23.9 Å². The van der Waals surface area contributed by atoms with Crippen molar-refractivity contribution in [3.05, 3.63) is 35.0 Å². The van der Waals surface area contributed by atoms with Crippen molar-refractivity contribution in [1.82, 2.24) is 5.32 Å². The van der Waals surface area contributed by atoms with Crippen LogP contribution in [0.3, 0.4) is 0 Å². The Balaban J connectivity index is 2.21. The molecule has 1 aromatic carbocycles. The van der Waals surface area contributed by atoms with Gasteiger partial charge in [0, 0.05) is 18.0 Å². The Morgan fingerprint density at radius 2 is 2.33 bits per heavy atom. The van der Waals surface area contributed by atoms with E-state index in [1.54, 1.807) is 18.2 Å². The molecule has 0 aliphatic carbocycles. The second-order valence-electron chi connectivity index (χ2n) is 4.16. The highest BCUT2D eigenvalue weighted by Gasteiger charge is 2.15. The standard InChI is InChI=1S/C13H14ClNO3/c1-8(5-6-16)15-13(17)11-7-9-3-2-4-10(14)12(9)18-11/h2-4,7-8,16H,5-6H2,1H3,(H,15,17). The number of furan rings is 1. The van der Waals surface area contributed by atoms with Gasteiger partial charge in [-0.1, -0.05) is 23.7 Å². The highest BCUT2D eigenvalue weighted by molar-refractivity contribution is 6.34. The summed E-state index contributed by atoms with van der Waals surface area (Å²) in [5.41, 5.74) is 0.513. The number of hydrogen-bond donors (Lipinski definition) is 2. The molecule has 18 heavy (non-hydrogen) atoms. The zero-order chi connectivity index (χ0) is 13.1. The summed E-state index contributed by atoms with van der Waals surface area (Å²) in [5, 5.41) is 12.8. The highest BCUT2D eigenvalue weighted by atomic mass is 35.5. The molecule has 1 heterocycles. The zero-order valence-corrected chi connectivity index (χ0v) is 10.7. The second kappa shape index (κ2) is 5.42. The number of carbonyl (C=O) groups is 1. The Labute approximate surface area is 110 Å². The molecule has 4 nitrogen and oxygen atoms in total. The molecule has 0 radical (unpaired) electrons. The molecular formula is C13H14ClNO3. The largest absolute Gasteiger partial charge is 0.449 e. The quantitative estimate of drug-likeness (QED) is 0.895. The molecule has 0 aliphatic heterocycles. The summed E-state index contributed by atoms with van der Waals surface area (Å²) in [6.45, 7) is 1.86. The first-order valence-electron chi connectivity index (χ1n) is 5.71. The number of aliphatic hydroxyl groups is 1. The Morgan fingerprint density at radius 1 is 1.56 bits per heavy atom. The van der Waals surface area contributed by atoms with E-state index in [0.29, 0.717) is 17.0 Å². The van der Waals surface area contributed by atoms with Gasteiger partial charge in [-0.15, -0.1) is 0 Å². The van der Waals surface area contributed by atoms with Crippen molar-refractivity contribution in [3.63, 3.8) is 0 Å². The lowest BCUT2D eigenvalue weighted by Crippen LogP contribution is -2.32. The summed E-state index contributed by atoms with van der Waals surface area (Å²) >= 11 is 5.97. The third-order valence-electron chi connectivity index (χ3n) is 2.66. The minimum absolute atomic E-state index is 0.0351. The fraction of sp³-hybridized carbons (Fsp3) is 0.308. The van der Waals surface area contributed by atoms with Gasteiger partial charge in [0.25, 0.3) is 5.91 Å². The average molecular weight is 268 g/mol. The SMILES string of the molecule is CC(CCO)NC(=O)c1cc2cccc(Cl)c2o1. The number of halogens is 1. The highest BCUT2D eigenvalue weighted by Crippen LogP contribution is 2.26. The molecule has 2 aromatic rings. The van der Waals surface area contributed by atoms with E-state index < -0.39 is 0 Å². The molecule has 0 bridgehead atoms. The van der Waals surface area contributed by atoms with Crippen LogP contribution in [-0.4, -0.2) is 23.7 Å². The molecule has 1 amide bonds. The third kappa shape index (κ3) is 2.66. The summed E-state index contributed by atoms with van der Waals surface area (Å²) in [6.07, 6.45) is 0.507. The second-order valence-corrected chi connectivity index (χ2v) is 4.56. The Morgan fingerprint density at radius 3 is 3.00 bits per heavy atom. The van der Waals surface area contributed by atoms with Gasteiger partial charge in [-0.25, -0.2) is 0 Å². The van der Waals surface area contributed by atoms with Crippen LogP contribution >= 0.6 is 11.6 Å². The van der Waals surface area contributed by atoms with Crippen molar-refractivity contribution >= 4 is 28.5 Å². The normalized spacial score (nSPS) is 12.6. The van der Waals surface area contributed by atoms with E-state index in [9.17, 15) is 4.79 Å². The summed E-state index contributed by atoms with van der Waals surface area (Å²) in [6, 6.07) is 6.90. The first-order valence-corrected chi connectivity index (χ1v) is 6.09. The monoisotopic (exact) mass is 267 g/mol. The summed E-state index contributed by atoms with van der Waals surface area (Å²) in [4.78, 5) is 11.9.